The van der Waals surface area contributed by atoms with Crippen molar-refractivity contribution < 1.29 is 19.1 Å². The zero-order valence-electron chi connectivity index (χ0n) is 13.3. The molecular weight excluding hydrogens is 272 g/mol. The number of nitrogens with one attached hydrogen (secondary N) is 1. The minimum absolute atomic E-state index is 0.188. The minimum Gasteiger partial charge on any atom is -0.481 e. The molecule has 1 rings (SSSR count). The lowest BCUT2D eigenvalue weighted by atomic mass is 10.1. The third-order valence-electron chi connectivity index (χ3n) is 3.47. The van der Waals surface area contributed by atoms with E-state index in [1.54, 1.807) is 6.92 Å². The first-order chi connectivity index (χ1) is 9.76. The predicted octanol–water partition coefficient (Wildman–Crippen LogP) is 2.71. The van der Waals surface area contributed by atoms with Crippen LogP contribution >= 0.6 is 0 Å². The molecule has 6 nitrogen and oxygen atoms in total. The lowest BCUT2D eigenvalue weighted by molar-refractivity contribution is -0.141. The number of nitrogens with zero attached hydrogens (tertiary/aromatic N) is 1. The fraction of sp³-hybridized carbons (Fsp3) is 0.600. The first kappa shape index (κ1) is 17.1. The van der Waals surface area contributed by atoms with Gasteiger partial charge in [0.25, 0.3) is 0 Å². The number of hydrogen-bond acceptors (Lipinski definition) is 3. The highest BCUT2D eigenvalue weighted by molar-refractivity contribution is 5.76. The first-order valence-corrected chi connectivity index (χ1v) is 7.11. The summed E-state index contributed by atoms with van der Waals surface area (Å²) in [5.41, 5.74) is 0.934. The highest BCUT2D eigenvalue weighted by Gasteiger charge is 2.22. The van der Waals surface area contributed by atoms with Gasteiger partial charge in [0.2, 0.25) is 0 Å². The minimum atomic E-state index is -0.907. The molecule has 0 aromatic carbocycles. The molecule has 0 aliphatic heterocycles. The van der Waals surface area contributed by atoms with Gasteiger partial charge in [-0.3, -0.25) is 4.79 Å². The van der Waals surface area contributed by atoms with Crippen molar-refractivity contribution in [2.24, 2.45) is 5.92 Å². The number of aryl methyl sites for hydroxylation is 2. The van der Waals surface area contributed by atoms with Gasteiger partial charge >= 0.3 is 12.0 Å². The van der Waals surface area contributed by atoms with E-state index in [9.17, 15) is 9.59 Å². The Hall–Kier alpha value is -1.98. The molecule has 0 radical (unpaired) electrons. The maximum atomic E-state index is 12.2. The second-order valence-electron chi connectivity index (χ2n) is 5.32. The fourth-order valence-electron chi connectivity index (χ4n) is 2.20. The molecule has 0 bridgehead atoms. The highest BCUT2D eigenvalue weighted by atomic mass is 16.4. The number of urea groups is 1. The van der Waals surface area contributed by atoms with E-state index in [0.717, 1.165) is 17.1 Å². The molecule has 2 unspecified atom stereocenters. The summed E-state index contributed by atoms with van der Waals surface area (Å²) in [4.78, 5) is 24.6. The molecule has 0 spiro atoms. The summed E-state index contributed by atoms with van der Waals surface area (Å²) >= 11 is 0. The molecular formula is C15H24N2O4. The molecule has 0 aliphatic carbocycles. The van der Waals surface area contributed by atoms with Crippen LogP contribution in [0.15, 0.2) is 10.5 Å². The molecule has 0 aliphatic rings. The van der Waals surface area contributed by atoms with Crippen LogP contribution < -0.4 is 5.32 Å². The monoisotopic (exact) mass is 296 g/mol. The lowest BCUT2D eigenvalue weighted by Gasteiger charge is -2.25. The summed E-state index contributed by atoms with van der Waals surface area (Å²) < 4.78 is 5.46. The van der Waals surface area contributed by atoms with E-state index in [1.165, 1.54) is 4.90 Å². The molecule has 2 amide bonds. The maximum Gasteiger partial charge on any atom is 0.317 e. The van der Waals surface area contributed by atoms with Gasteiger partial charge in [-0.25, -0.2) is 4.79 Å². The van der Waals surface area contributed by atoms with Crippen LogP contribution in [0.2, 0.25) is 0 Å². The van der Waals surface area contributed by atoms with E-state index >= 15 is 0 Å². The zero-order chi connectivity index (χ0) is 16.2. The van der Waals surface area contributed by atoms with E-state index in [2.05, 4.69) is 5.32 Å². The number of aliphatic carboxylic acids is 1. The van der Waals surface area contributed by atoms with Crippen LogP contribution in [-0.4, -0.2) is 35.1 Å². The fourth-order valence-corrected chi connectivity index (χ4v) is 2.20. The molecule has 2 N–H and O–H groups in total. The Morgan fingerprint density at radius 2 is 2.00 bits per heavy atom. The highest BCUT2D eigenvalue weighted by Crippen LogP contribution is 2.21. The molecule has 0 saturated carbocycles. The number of carboxylic acids is 1. The normalized spacial score (nSPS) is 13.6. The molecule has 2 atom stereocenters. The van der Waals surface area contributed by atoms with Gasteiger partial charge in [0, 0.05) is 18.7 Å². The van der Waals surface area contributed by atoms with Crippen molar-refractivity contribution >= 4 is 12.0 Å². The van der Waals surface area contributed by atoms with E-state index in [0.29, 0.717) is 6.54 Å². The van der Waals surface area contributed by atoms with Crippen molar-refractivity contribution in [1.29, 1.82) is 0 Å². The molecule has 21 heavy (non-hydrogen) atoms. The molecule has 1 heterocycles. The third kappa shape index (κ3) is 4.51. The molecule has 0 saturated heterocycles. The number of carbonyl (C=O) groups is 2. The molecule has 1 aromatic rings. The van der Waals surface area contributed by atoms with Gasteiger partial charge in [0.05, 0.1) is 12.0 Å². The maximum absolute atomic E-state index is 12.2. The summed E-state index contributed by atoms with van der Waals surface area (Å²) in [6.07, 6.45) is 0. The molecule has 0 fully saturated rings. The Morgan fingerprint density at radius 3 is 2.43 bits per heavy atom. The SMILES string of the molecule is CCN(CC(C)C(=O)O)C(=O)NC(C)c1cc(C)oc1C. The van der Waals surface area contributed by atoms with Crippen molar-refractivity contribution in [1.82, 2.24) is 10.2 Å². The summed E-state index contributed by atoms with van der Waals surface area (Å²) in [6, 6.07) is 1.44. The van der Waals surface area contributed by atoms with E-state index in [4.69, 9.17) is 9.52 Å². The van der Waals surface area contributed by atoms with E-state index < -0.39 is 11.9 Å². The molecule has 118 valence electrons. The predicted molar refractivity (Wildman–Crippen MR) is 79.2 cm³/mol. The summed E-state index contributed by atoms with van der Waals surface area (Å²) in [5, 5.41) is 11.8. The van der Waals surface area contributed by atoms with Crippen molar-refractivity contribution in [2.75, 3.05) is 13.1 Å². The second kappa shape index (κ2) is 7.15. The summed E-state index contributed by atoms with van der Waals surface area (Å²) in [5.74, 6) is 0.0808. The van der Waals surface area contributed by atoms with Crippen LogP contribution in [0.1, 0.15) is 43.9 Å². The van der Waals surface area contributed by atoms with Gasteiger partial charge < -0.3 is 19.7 Å². The quantitative estimate of drug-likeness (QED) is 0.845. The Labute approximate surface area is 125 Å². The van der Waals surface area contributed by atoms with Gasteiger partial charge in [-0.2, -0.15) is 0 Å². The van der Waals surface area contributed by atoms with Gasteiger partial charge in [0.1, 0.15) is 11.5 Å². The average Bonchev–Trinajstić information content (AvgIpc) is 2.74. The topological polar surface area (TPSA) is 82.8 Å². The van der Waals surface area contributed by atoms with Gasteiger partial charge in [-0.15, -0.1) is 0 Å². The molecule has 1 aromatic heterocycles. The Kier molecular flexibility index (Phi) is 5.81. The number of furan rings is 1. The lowest BCUT2D eigenvalue weighted by Crippen LogP contribution is -2.44. The van der Waals surface area contributed by atoms with Crippen LogP contribution in [0.3, 0.4) is 0 Å². The first-order valence-electron chi connectivity index (χ1n) is 7.11. The van der Waals surface area contributed by atoms with Crippen molar-refractivity contribution in [3.8, 4) is 0 Å². The van der Waals surface area contributed by atoms with E-state index in [1.807, 2.05) is 33.8 Å². The van der Waals surface area contributed by atoms with Gasteiger partial charge in [-0.1, -0.05) is 6.92 Å². The van der Waals surface area contributed by atoms with Gasteiger partial charge in [-0.05, 0) is 33.8 Å². The van der Waals surface area contributed by atoms with Gasteiger partial charge in [0.15, 0.2) is 0 Å². The molecule has 6 heteroatoms. The van der Waals surface area contributed by atoms with Crippen molar-refractivity contribution in [3.05, 3.63) is 23.2 Å². The third-order valence-corrected chi connectivity index (χ3v) is 3.47. The largest absolute Gasteiger partial charge is 0.481 e. The Balaban J connectivity index is 2.69. The van der Waals surface area contributed by atoms with Crippen molar-refractivity contribution in [3.63, 3.8) is 0 Å². The summed E-state index contributed by atoms with van der Waals surface area (Å²) in [6.45, 7) is 9.65. The summed E-state index contributed by atoms with van der Waals surface area (Å²) in [7, 11) is 0. The Morgan fingerprint density at radius 1 is 1.38 bits per heavy atom. The average molecular weight is 296 g/mol. The number of amides is 2. The number of rotatable bonds is 6. The number of hydrogen-bond donors (Lipinski definition) is 2. The van der Waals surface area contributed by atoms with Crippen LogP contribution in [0.25, 0.3) is 0 Å². The Bertz CT molecular complexity index is 510. The smallest absolute Gasteiger partial charge is 0.317 e. The number of carboxylic acid groups (broad SMARTS) is 1. The number of carbonyl (C=O) groups excluding carboxylic acids is 1. The second-order valence-corrected chi connectivity index (χ2v) is 5.32. The van der Waals surface area contributed by atoms with Crippen LogP contribution in [0.5, 0.6) is 0 Å². The van der Waals surface area contributed by atoms with Crippen LogP contribution in [0, 0.1) is 19.8 Å². The van der Waals surface area contributed by atoms with Crippen LogP contribution in [0.4, 0.5) is 4.79 Å². The van der Waals surface area contributed by atoms with Crippen molar-refractivity contribution in [2.45, 2.75) is 40.7 Å². The zero-order valence-corrected chi connectivity index (χ0v) is 13.3. The van der Waals surface area contributed by atoms with E-state index in [-0.39, 0.29) is 18.6 Å². The van der Waals surface area contributed by atoms with Crippen LogP contribution in [-0.2, 0) is 4.79 Å². The standard InChI is InChI=1S/C15H24N2O4/c1-6-17(8-9(2)14(18)19)15(20)16-11(4)13-7-10(3)21-12(13)5/h7,9,11H,6,8H2,1-5H3,(H,16,20)(H,18,19).